The molecule has 4 heteroatoms. The van der Waals surface area contributed by atoms with Crippen molar-refractivity contribution in [2.45, 2.75) is 13.8 Å². The molecule has 0 N–H and O–H groups in total. The number of carbonyl (C=O) groups is 1. The monoisotopic (exact) mass is 232 g/mol. The average molecular weight is 232 g/mol. The molecule has 0 aliphatic carbocycles. The van der Waals surface area contributed by atoms with Gasteiger partial charge in [-0.1, -0.05) is 18.2 Å². The quantitative estimate of drug-likeness (QED) is 0.743. The zero-order valence-corrected chi connectivity index (χ0v) is 9.99. The lowest BCUT2D eigenvalue weighted by atomic mass is 10.3. The van der Waals surface area contributed by atoms with Gasteiger partial charge in [-0.2, -0.15) is 4.99 Å². The van der Waals surface area contributed by atoms with E-state index in [1.165, 1.54) is 18.3 Å². The van der Waals surface area contributed by atoms with Crippen molar-refractivity contribution in [2.75, 3.05) is 0 Å². The van der Waals surface area contributed by atoms with Gasteiger partial charge in [0.05, 0.1) is 0 Å². The lowest BCUT2D eigenvalue weighted by molar-refractivity contribution is -0.116. The maximum Gasteiger partial charge on any atom is 0.245 e. The first kappa shape index (κ1) is 10.8. The molecule has 82 valence electrons. The van der Waals surface area contributed by atoms with E-state index in [1.807, 2.05) is 47.2 Å². The van der Waals surface area contributed by atoms with E-state index in [0.29, 0.717) is 0 Å². The molecule has 2 aromatic rings. The lowest BCUT2D eigenvalue weighted by Crippen LogP contribution is -2.15. The Bertz CT molecular complexity index is 566. The fourth-order valence-corrected chi connectivity index (χ4v) is 2.41. The highest BCUT2D eigenvalue weighted by Crippen LogP contribution is 2.09. The Labute approximate surface area is 97.7 Å². The van der Waals surface area contributed by atoms with Crippen LogP contribution in [0.3, 0.4) is 0 Å². The molecule has 2 rings (SSSR count). The molecule has 0 aliphatic rings. The van der Waals surface area contributed by atoms with Crippen molar-refractivity contribution in [1.82, 2.24) is 4.57 Å². The molecule has 0 aliphatic heterocycles. The van der Waals surface area contributed by atoms with Gasteiger partial charge in [0.1, 0.15) is 0 Å². The van der Waals surface area contributed by atoms with Gasteiger partial charge in [-0.3, -0.25) is 9.36 Å². The lowest BCUT2D eigenvalue weighted by Gasteiger charge is -2.04. The van der Waals surface area contributed by atoms with E-state index < -0.39 is 0 Å². The SMILES string of the molecule is CC(=O)N=c1scc(C)n1-c1ccccc1. The molecule has 0 fully saturated rings. The molecule has 1 aromatic heterocycles. The minimum absolute atomic E-state index is 0.175. The Hall–Kier alpha value is -1.68. The highest BCUT2D eigenvalue weighted by molar-refractivity contribution is 7.07. The first-order valence-corrected chi connectivity index (χ1v) is 5.84. The van der Waals surface area contributed by atoms with Gasteiger partial charge in [-0.25, -0.2) is 0 Å². The van der Waals surface area contributed by atoms with Crippen LogP contribution >= 0.6 is 11.3 Å². The smallest absolute Gasteiger partial charge is 0.245 e. The number of hydrogen-bond donors (Lipinski definition) is 0. The Morgan fingerprint density at radius 2 is 2.00 bits per heavy atom. The number of nitrogens with zero attached hydrogens (tertiary/aromatic N) is 2. The third-order valence-electron chi connectivity index (χ3n) is 2.15. The fourth-order valence-electron chi connectivity index (χ4n) is 1.50. The number of aromatic nitrogens is 1. The average Bonchev–Trinajstić information content (AvgIpc) is 2.60. The summed E-state index contributed by atoms with van der Waals surface area (Å²) >= 11 is 1.47. The van der Waals surface area contributed by atoms with E-state index in [4.69, 9.17) is 0 Å². The van der Waals surface area contributed by atoms with Crippen LogP contribution in [0.1, 0.15) is 12.6 Å². The van der Waals surface area contributed by atoms with Crippen LogP contribution in [0.25, 0.3) is 5.69 Å². The number of aryl methyl sites for hydroxylation is 1. The molecule has 0 saturated heterocycles. The maximum absolute atomic E-state index is 11.0. The molecule has 0 atom stereocenters. The second kappa shape index (κ2) is 4.45. The van der Waals surface area contributed by atoms with Crippen molar-refractivity contribution < 1.29 is 4.79 Å². The molecular formula is C12H12N2OS. The van der Waals surface area contributed by atoms with Crippen molar-refractivity contribution in [3.05, 3.63) is 46.2 Å². The van der Waals surface area contributed by atoms with E-state index in [-0.39, 0.29) is 5.91 Å². The number of hydrogen-bond acceptors (Lipinski definition) is 2. The van der Waals surface area contributed by atoms with E-state index in [2.05, 4.69) is 4.99 Å². The maximum atomic E-state index is 11.0. The van der Waals surface area contributed by atoms with Crippen LogP contribution in [0, 0.1) is 6.92 Å². The fraction of sp³-hybridized carbons (Fsp3) is 0.167. The third kappa shape index (κ3) is 2.12. The summed E-state index contributed by atoms with van der Waals surface area (Å²) < 4.78 is 1.98. The zero-order chi connectivity index (χ0) is 11.5. The van der Waals surface area contributed by atoms with Crippen LogP contribution in [-0.4, -0.2) is 10.5 Å². The second-order valence-corrected chi connectivity index (χ2v) is 4.30. The largest absolute Gasteiger partial charge is 0.290 e. The number of rotatable bonds is 1. The summed E-state index contributed by atoms with van der Waals surface area (Å²) in [6, 6.07) is 9.90. The molecular weight excluding hydrogens is 220 g/mol. The first-order chi connectivity index (χ1) is 7.68. The van der Waals surface area contributed by atoms with Gasteiger partial charge in [0.25, 0.3) is 0 Å². The Kier molecular flexibility index (Phi) is 3.01. The predicted molar refractivity (Wildman–Crippen MR) is 64.6 cm³/mol. The molecule has 0 radical (unpaired) electrons. The van der Waals surface area contributed by atoms with Gasteiger partial charge >= 0.3 is 0 Å². The van der Waals surface area contributed by atoms with Crippen LogP contribution in [-0.2, 0) is 4.79 Å². The standard InChI is InChI=1S/C12H12N2OS/c1-9-8-16-12(13-10(2)15)14(9)11-6-4-3-5-7-11/h3-8H,1-2H3. The third-order valence-corrected chi connectivity index (χ3v) is 3.09. The summed E-state index contributed by atoms with van der Waals surface area (Å²) in [6.07, 6.45) is 0. The Morgan fingerprint density at radius 3 is 2.62 bits per heavy atom. The van der Waals surface area contributed by atoms with E-state index >= 15 is 0 Å². The summed E-state index contributed by atoms with van der Waals surface area (Å²) in [5.41, 5.74) is 2.11. The van der Waals surface area contributed by atoms with E-state index in [0.717, 1.165) is 16.2 Å². The van der Waals surface area contributed by atoms with E-state index in [1.54, 1.807) is 0 Å². The second-order valence-electron chi connectivity index (χ2n) is 3.46. The van der Waals surface area contributed by atoms with Gasteiger partial charge in [0.2, 0.25) is 5.91 Å². The molecule has 1 heterocycles. The van der Waals surface area contributed by atoms with Crippen molar-refractivity contribution in [3.8, 4) is 5.69 Å². The summed E-state index contributed by atoms with van der Waals surface area (Å²) in [5.74, 6) is -0.175. The van der Waals surface area contributed by atoms with Crippen LogP contribution in [0.15, 0.2) is 40.7 Å². The number of benzene rings is 1. The highest BCUT2D eigenvalue weighted by Gasteiger charge is 2.03. The molecule has 1 aromatic carbocycles. The molecule has 0 saturated carbocycles. The van der Waals surface area contributed by atoms with Crippen LogP contribution < -0.4 is 4.80 Å². The minimum Gasteiger partial charge on any atom is -0.290 e. The minimum atomic E-state index is -0.175. The van der Waals surface area contributed by atoms with Gasteiger partial charge < -0.3 is 0 Å². The number of thiazole rings is 1. The number of amides is 1. The molecule has 1 amide bonds. The zero-order valence-electron chi connectivity index (χ0n) is 9.18. The van der Waals surface area contributed by atoms with Crippen LogP contribution in [0.5, 0.6) is 0 Å². The van der Waals surface area contributed by atoms with E-state index in [9.17, 15) is 4.79 Å². The van der Waals surface area contributed by atoms with Crippen LogP contribution in [0.4, 0.5) is 0 Å². The van der Waals surface area contributed by atoms with Gasteiger partial charge in [0.15, 0.2) is 4.80 Å². The number of carbonyl (C=O) groups excluding carboxylic acids is 1. The molecule has 0 bridgehead atoms. The van der Waals surface area contributed by atoms with Crippen molar-refractivity contribution in [2.24, 2.45) is 4.99 Å². The van der Waals surface area contributed by atoms with Crippen molar-refractivity contribution in [3.63, 3.8) is 0 Å². The molecule has 3 nitrogen and oxygen atoms in total. The van der Waals surface area contributed by atoms with Crippen molar-refractivity contribution >= 4 is 17.2 Å². The molecule has 0 unspecified atom stereocenters. The van der Waals surface area contributed by atoms with Crippen LogP contribution in [0.2, 0.25) is 0 Å². The topological polar surface area (TPSA) is 34.4 Å². The molecule has 16 heavy (non-hydrogen) atoms. The summed E-state index contributed by atoms with van der Waals surface area (Å²) in [6.45, 7) is 3.47. The summed E-state index contributed by atoms with van der Waals surface area (Å²) in [4.78, 5) is 15.8. The molecule has 0 spiro atoms. The predicted octanol–water partition coefficient (Wildman–Crippen LogP) is 2.29. The summed E-state index contributed by atoms with van der Waals surface area (Å²) in [7, 11) is 0. The Balaban J connectivity index is 2.65. The normalized spacial score (nSPS) is 11.8. The van der Waals surface area contributed by atoms with Crippen molar-refractivity contribution in [1.29, 1.82) is 0 Å². The number of para-hydroxylation sites is 1. The van der Waals surface area contributed by atoms with Gasteiger partial charge in [-0.15, -0.1) is 11.3 Å². The first-order valence-electron chi connectivity index (χ1n) is 4.96. The van der Waals surface area contributed by atoms with Gasteiger partial charge in [-0.05, 0) is 19.1 Å². The highest BCUT2D eigenvalue weighted by atomic mass is 32.1. The summed E-state index contributed by atoms with van der Waals surface area (Å²) in [5, 5.41) is 1.99. The van der Waals surface area contributed by atoms with Gasteiger partial charge in [0, 0.05) is 23.7 Å². The Morgan fingerprint density at radius 1 is 1.31 bits per heavy atom.